The average Bonchev–Trinajstić information content (AvgIpc) is 3.07. The number of aryl methyl sites for hydroxylation is 1. The Labute approximate surface area is 147 Å². The van der Waals surface area contributed by atoms with E-state index >= 15 is 0 Å². The van der Waals surface area contributed by atoms with Crippen LogP contribution in [0.3, 0.4) is 0 Å². The standard InChI is InChI=1S/C19H21ClN2O2/c1-4-19(5-2,6-3)22-17(23)11-12-18-21-13-16(24-18)14-9-7-8-10-15(14)20/h1,7-10,13H,5-6,11-12H2,2-3H3,(H,22,23). The second-order valence-corrected chi connectivity index (χ2v) is 5.99. The van der Waals surface area contributed by atoms with E-state index in [1.807, 2.05) is 32.0 Å². The van der Waals surface area contributed by atoms with E-state index in [-0.39, 0.29) is 12.3 Å². The van der Waals surface area contributed by atoms with E-state index in [1.54, 1.807) is 12.3 Å². The fourth-order valence-corrected chi connectivity index (χ4v) is 2.66. The highest BCUT2D eigenvalue weighted by molar-refractivity contribution is 6.33. The first kappa shape index (κ1) is 18.1. The summed E-state index contributed by atoms with van der Waals surface area (Å²) in [6, 6.07) is 7.39. The molecule has 126 valence electrons. The van der Waals surface area contributed by atoms with E-state index in [9.17, 15) is 4.79 Å². The van der Waals surface area contributed by atoms with E-state index in [1.165, 1.54) is 0 Å². The first-order valence-corrected chi connectivity index (χ1v) is 8.39. The van der Waals surface area contributed by atoms with Gasteiger partial charge in [-0.1, -0.05) is 43.5 Å². The molecule has 0 aliphatic rings. The Hall–Kier alpha value is -2.25. The van der Waals surface area contributed by atoms with Gasteiger partial charge >= 0.3 is 0 Å². The number of aromatic nitrogens is 1. The van der Waals surface area contributed by atoms with E-state index < -0.39 is 5.54 Å². The van der Waals surface area contributed by atoms with Crippen LogP contribution in [0.15, 0.2) is 34.9 Å². The third kappa shape index (κ3) is 4.18. The quantitative estimate of drug-likeness (QED) is 0.764. The summed E-state index contributed by atoms with van der Waals surface area (Å²) < 4.78 is 5.69. The molecule has 0 radical (unpaired) electrons. The summed E-state index contributed by atoms with van der Waals surface area (Å²) in [4.78, 5) is 16.4. The van der Waals surface area contributed by atoms with Gasteiger partial charge in [0.05, 0.1) is 11.2 Å². The number of rotatable bonds is 7. The number of terminal acetylenes is 1. The number of benzene rings is 1. The van der Waals surface area contributed by atoms with Gasteiger partial charge in [0.2, 0.25) is 5.91 Å². The molecule has 0 unspecified atom stereocenters. The molecule has 0 fully saturated rings. The predicted octanol–water partition coefficient (Wildman–Crippen LogP) is 4.24. The van der Waals surface area contributed by atoms with Crippen LogP contribution in [0, 0.1) is 12.3 Å². The molecular formula is C19H21ClN2O2. The summed E-state index contributed by atoms with van der Waals surface area (Å²) >= 11 is 6.15. The Bertz CT molecular complexity index is 742. The van der Waals surface area contributed by atoms with Crippen LogP contribution < -0.4 is 5.32 Å². The molecule has 1 amide bonds. The molecule has 24 heavy (non-hydrogen) atoms. The number of oxazole rings is 1. The number of carbonyl (C=O) groups is 1. The lowest BCUT2D eigenvalue weighted by atomic mass is 9.93. The topological polar surface area (TPSA) is 55.1 Å². The van der Waals surface area contributed by atoms with E-state index in [2.05, 4.69) is 16.2 Å². The lowest BCUT2D eigenvalue weighted by molar-refractivity contribution is -0.122. The number of halogens is 1. The number of nitrogens with zero attached hydrogens (tertiary/aromatic N) is 1. The lowest BCUT2D eigenvalue weighted by Gasteiger charge is -2.26. The van der Waals surface area contributed by atoms with Gasteiger partial charge in [0.25, 0.3) is 0 Å². The number of hydrogen-bond acceptors (Lipinski definition) is 3. The van der Waals surface area contributed by atoms with Crippen molar-refractivity contribution in [2.24, 2.45) is 0 Å². The molecule has 1 heterocycles. The van der Waals surface area contributed by atoms with Crippen LogP contribution in [0.2, 0.25) is 5.02 Å². The van der Waals surface area contributed by atoms with Crippen molar-refractivity contribution in [3.8, 4) is 23.7 Å². The minimum Gasteiger partial charge on any atom is -0.441 e. The first-order valence-electron chi connectivity index (χ1n) is 8.02. The second kappa shape index (κ2) is 8.03. The second-order valence-electron chi connectivity index (χ2n) is 5.58. The van der Waals surface area contributed by atoms with Crippen molar-refractivity contribution in [2.75, 3.05) is 0 Å². The monoisotopic (exact) mass is 344 g/mol. The number of hydrogen-bond donors (Lipinski definition) is 1. The molecule has 0 aliphatic heterocycles. The van der Waals surface area contributed by atoms with Gasteiger partial charge in [0.1, 0.15) is 5.54 Å². The summed E-state index contributed by atoms with van der Waals surface area (Å²) in [5.41, 5.74) is 0.210. The number of nitrogens with one attached hydrogen (secondary N) is 1. The fourth-order valence-electron chi connectivity index (χ4n) is 2.43. The van der Waals surface area contributed by atoms with Crippen molar-refractivity contribution in [1.82, 2.24) is 10.3 Å². The Balaban J connectivity index is 1.98. The maximum absolute atomic E-state index is 12.1. The van der Waals surface area contributed by atoms with E-state index in [0.717, 1.165) is 5.56 Å². The fraction of sp³-hybridized carbons (Fsp3) is 0.368. The van der Waals surface area contributed by atoms with Crippen molar-refractivity contribution in [1.29, 1.82) is 0 Å². The van der Waals surface area contributed by atoms with Crippen LogP contribution in [0.1, 0.15) is 39.0 Å². The van der Waals surface area contributed by atoms with Gasteiger partial charge in [-0.2, -0.15) is 0 Å². The van der Waals surface area contributed by atoms with Crippen LogP contribution >= 0.6 is 11.6 Å². The van der Waals surface area contributed by atoms with Gasteiger partial charge in [-0.05, 0) is 25.0 Å². The highest BCUT2D eigenvalue weighted by atomic mass is 35.5. The highest BCUT2D eigenvalue weighted by Crippen LogP contribution is 2.28. The summed E-state index contributed by atoms with van der Waals surface area (Å²) in [6.45, 7) is 3.93. The highest BCUT2D eigenvalue weighted by Gasteiger charge is 2.25. The molecule has 0 bridgehead atoms. The Kier molecular flexibility index (Phi) is 6.05. The van der Waals surface area contributed by atoms with Gasteiger partial charge in [0.15, 0.2) is 11.7 Å². The first-order chi connectivity index (χ1) is 11.5. The maximum Gasteiger partial charge on any atom is 0.221 e. The average molecular weight is 345 g/mol. The molecule has 0 spiro atoms. The van der Waals surface area contributed by atoms with Crippen LogP contribution in [0.25, 0.3) is 11.3 Å². The van der Waals surface area contributed by atoms with Crippen molar-refractivity contribution in [3.63, 3.8) is 0 Å². The molecule has 0 atom stereocenters. The molecular weight excluding hydrogens is 324 g/mol. The zero-order chi connectivity index (χ0) is 17.6. The molecule has 2 aromatic rings. The molecule has 4 nitrogen and oxygen atoms in total. The summed E-state index contributed by atoms with van der Waals surface area (Å²) in [5, 5.41) is 3.53. The van der Waals surface area contributed by atoms with Crippen molar-refractivity contribution in [3.05, 3.63) is 41.4 Å². The van der Waals surface area contributed by atoms with E-state index in [0.29, 0.717) is 35.9 Å². The van der Waals surface area contributed by atoms with Crippen molar-refractivity contribution in [2.45, 2.75) is 45.1 Å². The van der Waals surface area contributed by atoms with Gasteiger partial charge in [-0.15, -0.1) is 6.42 Å². The molecule has 0 aliphatic carbocycles. The van der Waals surface area contributed by atoms with Crippen molar-refractivity contribution >= 4 is 17.5 Å². The molecule has 1 aromatic heterocycles. The largest absolute Gasteiger partial charge is 0.441 e. The number of amides is 1. The van der Waals surface area contributed by atoms with E-state index in [4.69, 9.17) is 22.4 Å². The van der Waals surface area contributed by atoms with Crippen molar-refractivity contribution < 1.29 is 9.21 Å². The smallest absolute Gasteiger partial charge is 0.221 e. The zero-order valence-electron chi connectivity index (χ0n) is 13.9. The molecule has 0 saturated heterocycles. The predicted molar refractivity (Wildman–Crippen MR) is 95.6 cm³/mol. The Morgan fingerprint density at radius 3 is 2.71 bits per heavy atom. The zero-order valence-corrected chi connectivity index (χ0v) is 14.7. The summed E-state index contributed by atoms with van der Waals surface area (Å²) in [7, 11) is 0. The summed E-state index contributed by atoms with van der Waals surface area (Å²) in [6.07, 6.45) is 9.25. The summed E-state index contributed by atoms with van der Waals surface area (Å²) in [5.74, 6) is 3.68. The minimum atomic E-state index is -0.573. The minimum absolute atomic E-state index is 0.103. The Morgan fingerprint density at radius 2 is 2.08 bits per heavy atom. The molecule has 5 heteroatoms. The normalized spacial score (nSPS) is 11.1. The number of carbonyl (C=O) groups excluding carboxylic acids is 1. The maximum atomic E-state index is 12.1. The molecule has 1 N–H and O–H groups in total. The lowest BCUT2D eigenvalue weighted by Crippen LogP contribution is -2.46. The van der Waals surface area contributed by atoms with Gasteiger partial charge in [-0.3, -0.25) is 4.79 Å². The SMILES string of the molecule is C#CC(CC)(CC)NC(=O)CCc1ncc(-c2ccccc2Cl)o1. The van der Waals surface area contributed by atoms with Crippen LogP contribution in [0.5, 0.6) is 0 Å². The third-order valence-corrected chi connectivity index (χ3v) is 4.45. The van der Waals surface area contributed by atoms with Gasteiger partial charge in [0, 0.05) is 18.4 Å². The van der Waals surface area contributed by atoms with Crippen LogP contribution in [-0.4, -0.2) is 16.4 Å². The van der Waals surface area contributed by atoms with Crippen LogP contribution in [0.4, 0.5) is 0 Å². The molecule has 1 aromatic carbocycles. The third-order valence-electron chi connectivity index (χ3n) is 4.12. The molecule has 2 rings (SSSR count). The van der Waals surface area contributed by atoms with Gasteiger partial charge < -0.3 is 9.73 Å². The Morgan fingerprint density at radius 1 is 1.38 bits per heavy atom. The molecule has 0 saturated carbocycles. The van der Waals surface area contributed by atoms with Gasteiger partial charge in [-0.25, -0.2) is 4.98 Å². The van der Waals surface area contributed by atoms with Crippen LogP contribution in [-0.2, 0) is 11.2 Å².